The summed E-state index contributed by atoms with van der Waals surface area (Å²) in [4.78, 5) is 12.0. The van der Waals surface area contributed by atoms with Crippen molar-refractivity contribution in [3.05, 3.63) is 98.8 Å². The van der Waals surface area contributed by atoms with Crippen LogP contribution in [0.3, 0.4) is 0 Å². The van der Waals surface area contributed by atoms with Gasteiger partial charge in [0.05, 0.1) is 5.02 Å². The monoisotopic (exact) mass is 396 g/mol. The van der Waals surface area contributed by atoms with E-state index < -0.39 is 5.63 Å². The summed E-state index contributed by atoms with van der Waals surface area (Å²) >= 11 is 12.3. The Morgan fingerprint density at radius 3 is 2.37 bits per heavy atom. The van der Waals surface area contributed by atoms with Gasteiger partial charge < -0.3 is 9.15 Å². The Morgan fingerprint density at radius 2 is 1.63 bits per heavy atom. The smallest absolute Gasteiger partial charge is 0.336 e. The van der Waals surface area contributed by atoms with Gasteiger partial charge in [-0.15, -0.1) is 0 Å². The van der Waals surface area contributed by atoms with E-state index in [0.717, 1.165) is 22.1 Å². The Bertz CT molecular complexity index is 1150. The summed E-state index contributed by atoms with van der Waals surface area (Å²) in [5.74, 6) is 0.451. The van der Waals surface area contributed by atoms with E-state index in [1.165, 1.54) is 6.07 Å². The van der Waals surface area contributed by atoms with E-state index in [-0.39, 0.29) is 0 Å². The van der Waals surface area contributed by atoms with Gasteiger partial charge in [0.15, 0.2) is 0 Å². The second-order valence-corrected chi connectivity index (χ2v) is 6.88. The molecule has 0 atom stereocenters. The van der Waals surface area contributed by atoms with Crippen molar-refractivity contribution >= 4 is 34.2 Å². The van der Waals surface area contributed by atoms with Crippen molar-refractivity contribution < 1.29 is 9.15 Å². The molecular formula is C22H14Cl2O3. The van der Waals surface area contributed by atoms with E-state index in [2.05, 4.69) is 0 Å². The largest absolute Gasteiger partial charge is 0.487 e. The Labute approximate surface area is 165 Å². The maximum Gasteiger partial charge on any atom is 0.336 e. The molecule has 3 nitrogen and oxygen atoms in total. The second kappa shape index (κ2) is 7.47. The molecular weight excluding hydrogens is 383 g/mol. The van der Waals surface area contributed by atoms with Crippen LogP contribution in [0.1, 0.15) is 5.56 Å². The first-order valence-electron chi connectivity index (χ1n) is 8.30. The highest BCUT2D eigenvalue weighted by atomic mass is 35.5. The summed E-state index contributed by atoms with van der Waals surface area (Å²) in [7, 11) is 0. The average Bonchev–Trinajstić information content (AvgIpc) is 2.68. The van der Waals surface area contributed by atoms with Crippen molar-refractivity contribution in [2.75, 3.05) is 0 Å². The van der Waals surface area contributed by atoms with Gasteiger partial charge in [-0.3, -0.25) is 0 Å². The zero-order valence-corrected chi connectivity index (χ0v) is 15.6. The Kier molecular flexibility index (Phi) is 4.88. The third kappa shape index (κ3) is 3.85. The lowest BCUT2D eigenvalue weighted by Crippen LogP contribution is -2.00. The molecule has 4 rings (SSSR count). The van der Waals surface area contributed by atoms with Crippen LogP contribution in [0.4, 0.5) is 0 Å². The van der Waals surface area contributed by atoms with Crippen LogP contribution in [0, 0.1) is 0 Å². The summed E-state index contributed by atoms with van der Waals surface area (Å²) in [5, 5.41) is 1.87. The molecule has 5 heteroatoms. The van der Waals surface area contributed by atoms with Gasteiger partial charge in [-0.1, -0.05) is 65.7 Å². The molecule has 4 aromatic rings. The van der Waals surface area contributed by atoms with Crippen LogP contribution in [0.2, 0.25) is 10.0 Å². The van der Waals surface area contributed by atoms with Crippen LogP contribution in [-0.2, 0) is 6.61 Å². The van der Waals surface area contributed by atoms with Crippen LogP contribution >= 0.6 is 23.2 Å². The van der Waals surface area contributed by atoms with Gasteiger partial charge in [0.1, 0.15) is 17.9 Å². The number of hydrogen-bond donors (Lipinski definition) is 0. The number of ether oxygens (including phenoxy) is 1. The molecule has 0 unspecified atom stereocenters. The Morgan fingerprint density at radius 1 is 0.889 bits per heavy atom. The highest BCUT2D eigenvalue weighted by Crippen LogP contribution is 2.35. The van der Waals surface area contributed by atoms with Crippen LogP contribution < -0.4 is 10.4 Å². The zero-order valence-electron chi connectivity index (χ0n) is 14.1. The van der Waals surface area contributed by atoms with E-state index in [1.807, 2.05) is 42.5 Å². The number of hydrogen-bond acceptors (Lipinski definition) is 3. The molecule has 0 saturated carbocycles. The summed E-state index contributed by atoms with van der Waals surface area (Å²) in [5.41, 5.74) is 2.65. The van der Waals surface area contributed by atoms with E-state index in [1.54, 1.807) is 24.3 Å². The van der Waals surface area contributed by atoms with Gasteiger partial charge in [0.2, 0.25) is 0 Å². The van der Waals surface area contributed by atoms with Crippen LogP contribution in [-0.4, -0.2) is 0 Å². The lowest BCUT2D eigenvalue weighted by molar-refractivity contribution is 0.306. The summed E-state index contributed by atoms with van der Waals surface area (Å²) in [6.45, 7) is 0.324. The first kappa shape index (κ1) is 17.7. The lowest BCUT2D eigenvalue weighted by Gasteiger charge is -2.11. The minimum Gasteiger partial charge on any atom is -0.487 e. The van der Waals surface area contributed by atoms with Crippen molar-refractivity contribution in [3.8, 4) is 16.9 Å². The molecule has 1 aromatic heterocycles. The molecule has 0 radical (unpaired) electrons. The van der Waals surface area contributed by atoms with Gasteiger partial charge in [0, 0.05) is 22.5 Å². The SMILES string of the molecule is O=c1cc(-c2ccccc2)c2cc(Cl)c(OCc3ccc(Cl)cc3)cc2o1. The molecule has 3 aromatic carbocycles. The van der Waals surface area contributed by atoms with E-state index in [0.29, 0.717) is 28.0 Å². The van der Waals surface area contributed by atoms with E-state index >= 15 is 0 Å². The van der Waals surface area contributed by atoms with Crippen molar-refractivity contribution in [1.29, 1.82) is 0 Å². The minimum absolute atomic E-state index is 0.324. The molecule has 0 fully saturated rings. The highest BCUT2D eigenvalue weighted by Gasteiger charge is 2.12. The van der Waals surface area contributed by atoms with Gasteiger partial charge in [-0.2, -0.15) is 0 Å². The van der Waals surface area contributed by atoms with Crippen molar-refractivity contribution in [1.82, 2.24) is 0 Å². The first-order chi connectivity index (χ1) is 13.1. The maximum absolute atomic E-state index is 12.0. The Hall–Kier alpha value is -2.75. The number of fused-ring (bicyclic) bond motifs is 1. The standard InChI is InChI=1S/C22H14Cl2O3/c23-16-8-6-14(7-9-16)13-26-21-12-20-18(10-19(21)24)17(11-22(25)27-20)15-4-2-1-3-5-15/h1-12H,13H2. The average molecular weight is 397 g/mol. The number of rotatable bonds is 4. The predicted octanol–water partition coefficient (Wildman–Crippen LogP) is 6.35. The van der Waals surface area contributed by atoms with Gasteiger partial charge in [-0.25, -0.2) is 4.79 Å². The molecule has 0 aliphatic heterocycles. The molecule has 0 aliphatic carbocycles. The molecule has 1 heterocycles. The third-order valence-electron chi connectivity index (χ3n) is 4.19. The quantitative estimate of drug-likeness (QED) is 0.377. The first-order valence-corrected chi connectivity index (χ1v) is 9.06. The lowest BCUT2D eigenvalue weighted by atomic mass is 10.0. The highest BCUT2D eigenvalue weighted by molar-refractivity contribution is 6.33. The predicted molar refractivity (Wildman–Crippen MR) is 109 cm³/mol. The summed E-state index contributed by atoms with van der Waals surface area (Å²) < 4.78 is 11.2. The zero-order chi connectivity index (χ0) is 18.8. The molecule has 134 valence electrons. The molecule has 0 N–H and O–H groups in total. The fourth-order valence-electron chi connectivity index (χ4n) is 2.87. The van der Waals surface area contributed by atoms with E-state index in [4.69, 9.17) is 32.4 Å². The van der Waals surface area contributed by atoms with Crippen molar-refractivity contribution in [2.24, 2.45) is 0 Å². The summed E-state index contributed by atoms with van der Waals surface area (Å²) in [6.07, 6.45) is 0. The van der Waals surface area contributed by atoms with Crippen LogP contribution in [0.25, 0.3) is 22.1 Å². The van der Waals surface area contributed by atoms with Crippen molar-refractivity contribution in [2.45, 2.75) is 6.61 Å². The van der Waals surface area contributed by atoms with Gasteiger partial charge >= 0.3 is 5.63 Å². The normalized spacial score (nSPS) is 10.9. The number of halogens is 2. The molecule has 27 heavy (non-hydrogen) atoms. The van der Waals surface area contributed by atoms with Crippen LogP contribution in [0.15, 0.2) is 82.0 Å². The van der Waals surface area contributed by atoms with Crippen LogP contribution in [0.5, 0.6) is 5.75 Å². The minimum atomic E-state index is -0.424. The van der Waals surface area contributed by atoms with Gasteiger partial charge in [0.25, 0.3) is 0 Å². The molecule has 0 aliphatic rings. The molecule has 0 spiro atoms. The van der Waals surface area contributed by atoms with E-state index in [9.17, 15) is 4.79 Å². The Balaban J connectivity index is 1.73. The third-order valence-corrected chi connectivity index (χ3v) is 4.74. The molecule has 0 saturated heterocycles. The fraction of sp³-hybridized carbons (Fsp3) is 0.0455. The second-order valence-electron chi connectivity index (χ2n) is 6.04. The molecule has 0 bridgehead atoms. The van der Waals surface area contributed by atoms with Gasteiger partial charge in [-0.05, 0) is 34.9 Å². The molecule has 0 amide bonds. The topological polar surface area (TPSA) is 39.4 Å². The maximum atomic E-state index is 12.0. The number of benzene rings is 3. The fourth-order valence-corrected chi connectivity index (χ4v) is 3.22. The summed E-state index contributed by atoms with van der Waals surface area (Å²) in [6, 6.07) is 21.9. The van der Waals surface area contributed by atoms with Crippen molar-refractivity contribution in [3.63, 3.8) is 0 Å².